The maximum atomic E-state index is 12.6. The molecule has 0 amide bonds. The van der Waals surface area contributed by atoms with Crippen molar-refractivity contribution in [3.05, 3.63) is 75.3 Å². The normalized spacial score (nSPS) is 10.8. The van der Waals surface area contributed by atoms with E-state index in [0.29, 0.717) is 10.9 Å². The number of nitrogens with zero attached hydrogens (tertiary/aromatic N) is 1. The lowest BCUT2D eigenvalue weighted by atomic mass is 10.0. The molecule has 104 valence electrons. The van der Waals surface area contributed by atoms with Crippen molar-refractivity contribution in [1.82, 2.24) is 9.97 Å². The van der Waals surface area contributed by atoms with Gasteiger partial charge >= 0.3 is 0 Å². The summed E-state index contributed by atoms with van der Waals surface area (Å²) in [7, 11) is 0. The standard InChI is InChI=1S/C17H14N2O2/c1-10-7-13-15(8-11(10)2)19-9-14(17(13)21)16(20)12-3-5-18-6-4-12/h3-9H,1-2H3,(H,19,21). The average molecular weight is 278 g/mol. The quantitative estimate of drug-likeness (QED) is 0.733. The summed E-state index contributed by atoms with van der Waals surface area (Å²) in [5.74, 6) is -0.293. The highest BCUT2D eigenvalue weighted by atomic mass is 16.1. The van der Waals surface area contributed by atoms with Gasteiger partial charge in [-0.25, -0.2) is 0 Å². The summed E-state index contributed by atoms with van der Waals surface area (Å²) in [6.07, 6.45) is 4.56. The number of hydrogen-bond donors (Lipinski definition) is 1. The number of pyridine rings is 2. The van der Waals surface area contributed by atoms with Crippen molar-refractivity contribution in [1.29, 1.82) is 0 Å². The second-order valence-electron chi connectivity index (χ2n) is 5.08. The van der Waals surface area contributed by atoms with E-state index in [1.54, 1.807) is 12.1 Å². The molecular formula is C17H14N2O2. The minimum absolute atomic E-state index is 0.150. The molecule has 1 aromatic carbocycles. The van der Waals surface area contributed by atoms with Crippen molar-refractivity contribution in [2.24, 2.45) is 0 Å². The fourth-order valence-electron chi connectivity index (χ4n) is 2.31. The number of hydrogen-bond acceptors (Lipinski definition) is 3. The van der Waals surface area contributed by atoms with Crippen molar-refractivity contribution < 1.29 is 4.79 Å². The van der Waals surface area contributed by atoms with E-state index >= 15 is 0 Å². The van der Waals surface area contributed by atoms with Crippen LogP contribution < -0.4 is 5.43 Å². The summed E-state index contributed by atoms with van der Waals surface area (Å²) in [6, 6.07) is 6.96. The maximum Gasteiger partial charge on any atom is 0.200 e. The summed E-state index contributed by atoms with van der Waals surface area (Å²) in [5.41, 5.74) is 3.24. The number of carbonyl (C=O) groups excluding carboxylic acids is 1. The van der Waals surface area contributed by atoms with Gasteiger partial charge in [0.2, 0.25) is 5.43 Å². The van der Waals surface area contributed by atoms with Crippen LogP contribution in [0, 0.1) is 13.8 Å². The molecule has 2 aromatic heterocycles. The number of nitrogens with one attached hydrogen (secondary N) is 1. The molecule has 0 unspecified atom stereocenters. The van der Waals surface area contributed by atoms with E-state index in [1.807, 2.05) is 26.0 Å². The second kappa shape index (κ2) is 4.98. The predicted molar refractivity (Wildman–Crippen MR) is 81.7 cm³/mol. The summed E-state index contributed by atoms with van der Waals surface area (Å²) in [4.78, 5) is 31.9. The second-order valence-corrected chi connectivity index (χ2v) is 5.08. The van der Waals surface area contributed by atoms with E-state index in [-0.39, 0.29) is 16.8 Å². The molecule has 0 atom stereocenters. The van der Waals surface area contributed by atoms with Crippen LogP contribution >= 0.6 is 0 Å². The highest BCUT2D eigenvalue weighted by molar-refractivity contribution is 6.09. The number of rotatable bonds is 2. The van der Waals surface area contributed by atoms with E-state index in [1.165, 1.54) is 18.6 Å². The molecule has 0 aliphatic rings. The van der Waals surface area contributed by atoms with Gasteiger partial charge in [-0.2, -0.15) is 0 Å². The number of fused-ring (bicyclic) bond motifs is 1. The van der Waals surface area contributed by atoms with Gasteiger partial charge in [0.1, 0.15) is 0 Å². The van der Waals surface area contributed by atoms with Gasteiger partial charge in [0.25, 0.3) is 0 Å². The van der Waals surface area contributed by atoms with Gasteiger partial charge in [-0.05, 0) is 49.2 Å². The van der Waals surface area contributed by atoms with Gasteiger partial charge in [-0.3, -0.25) is 14.6 Å². The number of carbonyl (C=O) groups is 1. The fraction of sp³-hybridized carbons (Fsp3) is 0.118. The molecule has 0 spiro atoms. The first-order valence-corrected chi connectivity index (χ1v) is 6.65. The van der Waals surface area contributed by atoms with Gasteiger partial charge in [0, 0.05) is 35.1 Å². The summed E-state index contributed by atoms with van der Waals surface area (Å²) < 4.78 is 0. The minimum atomic E-state index is -0.293. The van der Waals surface area contributed by atoms with Crippen molar-refractivity contribution in [2.45, 2.75) is 13.8 Å². The van der Waals surface area contributed by atoms with Crippen molar-refractivity contribution in [2.75, 3.05) is 0 Å². The number of benzene rings is 1. The molecule has 3 aromatic rings. The van der Waals surface area contributed by atoms with Crippen LogP contribution in [0.15, 0.2) is 47.7 Å². The molecule has 1 N–H and O–H groups in total. The Kier molecular flexibility index (Phi) is 3.14. The third-order valence-electron chi connectivity index (χ3n) is 3.68. The Morgan fingerprint density at radius 3 is 2.48 bits per heavy atom. The number of ketones is 1. The van der Waals surface area contributed by atoms with E-state index in [4.69, 9.17) is 0 Å². The molecule has 4 nitrogen and oxygen atoms in total. The third-order valence-corrected chi connectivity index (χ3v) is 3.68. The van der Waals surface area contributed by atoms with Crippen molar-refractivity contribution >= 4 is 16.7 Å². The Morgan fingerprint density at radius 1 is 1.10 bits per heavy atom. The van der Waals surface area contributed by atoms with E-state index in [0.717, 1.165) is 16.6 Å². The zero-order valence-corrected chi connectivity index (χ0v) is 11.8. The molecular weight excluding hydrogens is 264 g/mol. The van der Waals surface area contributed by atoms with Gasteiger partial charge in [-0.1, -0.05) is 0 Å². The zero-order valence-electron chi connectivity index (χ0n) is 11.8. The lowest BCUT2D eigenvalue weighted by molar-refractivity contribution is 0.103. The number of aryl methyl sites for hydroxylation is 2. The maximum absolute atomic E-state index is 12.6. The first-order chi connectivity index (χ1) is 10.1. The van der Waals surface area contributed by atoms with Crippen molar-refractivity contribution in [3.63, 3.8) is 0 Å². The van der Waals surface area contributed by atoms with E-state index in [2.05, 4.69) is 9.97 Å². The topological polar surface area (TPSA) is 62.8 Å². The number of H-pyrrole nitrogens is 1. The van der Waals surface area contributed by atoms with Crippen LogP contribution in [0.2, 0.25) is 0 Å². The molecule has 0 aliphatic heterocycles. The third kappa shape index (κ3) is 2.25. The van der Waals surface area contributed by atoms with Gasteiger partial charge in [0.15, 0.2) is 5.78 Å². The van der Waals surface area contributed by atoms with Crippen LogP contribution in [-0.2, 0) is 0 Å². The molecule has 3 rings (SSSR count). The Bertz CT molecular complexity index is 896. The largest absolute Gasteiger partial charge is 0.360 e. The van der Waals surface area contributed by atoms with Gasteiger partial charge in [-0.15, -0.1) is 0 Å². The minimum Gasteiger partial charge on any atom is -0.360 e. The smallest absolute Gasteiger partial charge is 0.200 e. The molecule has 0 saturated carbocycles. The van der Waals surface area contributed by atoms with Crippen LogP contribution in [0.1, 0.15) is 27.0 Å². The molecule has 21 heavy (non-hydrogen) atoms. The van der Waals surface area contributed by atoms with Gasteiger partial charge in [0.05, 0.1) is 5.56 Å². The van der Waals surface area contributed by atoms with Gasteiger partial charge < -0.3 is 4.98 Å². The SMILES string of the molecule is Cc1cc2[nH]cc(C(=O)c3ccncc3)c(=O)c2cc1C. The lowest BCUT2D eigenvalue weighted by Gasteiger charge is -2.06. The molecule has 0 aliphatic carbocycles. The average Bonchev–Trinajstić information content (AvgIpc) is 2.50. The highest BCUT2D eigenvalue weighted by Crippen LogP contribution is 2.16. The van der Waals surface area contributed by atoms with Crippen LogP contribution in [0.25, 0.3) is 10.9 Å². The highest BCUT2D eigenvalue weighted by Gasteiger charge is 2.15. The van der Waals surface area contributed by atoms with Crippen LogP contribution in [0.3, 0.4) is 0 Å². The zero-order chi connectivity index (χ0) is 15.0. The summed E-state index contributed by atoms with van der Waals surface area (Å²) in [6.45, 7) is 3.94. The number of aromatic nitrogens is 2. The Morgan fingerprint density at radius 2 is 1.76 bits per heavy atom. The van der Waals surface area contributed by atoms with E-state index < -0.39 is 0 Å². The van der Waals surface area contributed by atoms with E-state index in [9.17, 15) is 9.59 Å². The Labute approximate surface area is 121 Å². The molecule has 0 radical (unpaired) electrons. The monoisotopic (exact) mass is 278 g/mol. The summed E-state index contributed by atoms with van der Waals surface area (Å²) in [5, 5.41) is 0.540. The molecule has 2 heterocycles. The number of aromatic amines is 1. The van der Waals surface area contributed by atoms with Crippen LogP contribution in [0.5, 0.6) is 0 Å². The fourth-order valence-corrected chi connectivity index (χ4v) is 2.31. The first kappa shape index (κ1) is 13.2. The Hall–Kier alpha value is -2.75. The molecule has 0 bridgehead atoms. The Balaban J connectivity index is 2.21. The van der Waals surface area contributed by atoms with Crippen molar-refractivity contribution in [3.8, 4) is 0 Å². The van der Waals surface area contributed by atoms with Crippen LogP contribution in [0.4, 0.5) is 0 Å². The molecule has 4 heteroatoms. The summed E-state index contributed by atoms with van der Waals surface area (Å²) >= 11 is 0. The lowest BCUT2D eigenvalue weighted by Crippen LogP contribution is -2.17. The molecule has 0 fully saturated rings. The molecule has 0 saturated heterocycles. The van der Waals surface area contributed by atoms with Crippen LogP contribution in [-0.4, -0.2) is 15.8 Å². The predicted octanol–water partition coefficient (Wildman–Crippen LogP) is 2.77. The first-order valence-electron chi connectivity index (χ1n) is 6.65.